The predicted octanol–water partition coefficient (Wildman–Crippen LogP) is 4.07. The molecule has 0 saturated heterocycles. The van der Waals surface area contributed by atoms with Crippen LogP contribution >= 0.6 is 11.6 Å². The Hall–Kier alpha value is -0.930. The largest absolute Gasteiger partial charge is 0.490 e. The second-order valence-electron chi connectivity index (χ2n) is 4.57. The fraction of sp³-hybridized carbons (Fsp3) is 0.625. The van der Waals surface area contributed by atoms with E-state index in [1.807, 2.05) is 26.0 Å². The van der Waals surface area contributed by atoms with Crippen LogP contribution in [0.5, 0.6) is 11.5 Å². The number of hydrogen-bond acceptors (Lipinski definition) is 3. The first-order valence-electron chi connectivity index (χ1n) is 7.51. The summed E-state index contributed by atoms with van der Waals surface area (Å²) in [5.41, 5.74) is 1.13. The number of nitrogens with one attached hydrogen (secondary N) is 1. The van der Waals surface area contributed by atoms with Crippen molar-refractivity contribution < 1.29 is 9.47 Å². The van der Waals surface area contributed by atoms with Crippen molar-refractivity contribution in [1.82, 2.24) is 5.32 Å². The number of halogens is 1. The molecule has 0 aliphatic heterocycles. The minimum atomic E-state index is 0.610. The Morgan fingerprint density at radius 1 is 1.00 bits per heavy atom. The van der Waals surface area contributed by atoms with Crippen LogP contribution in [0.25, 0.3) is 0 Å². The summed E-state index contributed by atoms with van der Waals surface area (Å²) >= 11 is 6.33. The van der Waals surface area contributed by atoms with Gasteiger partial charge in [-0.15, -0.1) is 0 Å². The molecule has 0 spiro atoms. The van der Waals surface area contributed by atoms with Crippen LogP contribution in [0.3, 0.4) is 0 Å². The minimum Gasteiger partial charge on any atom is -0.490 e. The number of benzene rings is 1. The molecule has 3 nitrogen and oxygen atoms in total. The molecule has 0 bridgehead atoms. The van der Waals surface area contributed by atoms with Gasteiger partial charge in [0.1, 0.15) is 0 Å². The average molecular weight is 300 g/mol. The van der Waals surface area contributed by atoms with Crippen molar-refractivity contribution in [2.75, 3.05) is 26.3 Å². The smallest absolute Gasteiger partial charge is 0.162 e. The highest BCUT2D eigenvalue weighted by atomic mass is 35.5. The Bertz CT molecular complexity index is 396. The summed E-state index contributed by atoms with van der Waals surface area (Å²) in [5, 5.41) is 4.09. The summed E-state index contributed by atoms with van der Waals surface area (Å²) in [7, 11) is 0. The molecule has 1 N–H and O–H groups in total. The Labute approximate surface area is 127 Å². The van der Waals surface area contributed by atoms with Crippen molar-refractivity contribution in [3.8, 4) is 11.5 Å². The summed E-state index contributed by atoms with van der Waals surface area (Å²) in [6, 6.07) is 3.89. The van der Waals surface area contributed by atoms with Crippen LogP contribution in [0.2, 0.25) is 5.02 Å². The quantitative estimate of drug-likeness (QED) is 0.661. The number of ether oxygens (including phenoxy) is 2. The fourth-order valence-corrected chi connectivity index (χ4v) is 2.30. The molecule has 0 heterocycles. The van der Waals surface area contributed by atoms with E-state index in [1.54, 1.807) is 0 Å². The lowest BCUT2D eigenvalue weighted by atomic mass is 10.1. The maximum Gasteiger partial charge on any atom is 0.162 e. The Morgan fingerprint density at radius 2 is 1.65 bits per heavy atom. The van der Waals surface area contributed by atoms with Gasteiger partial charge >= 0.3 is 0 Å². The SMILES string of the molecule is CCNCCCCc1cc(OCC)c(OCC)cc1Cl. The molecule has 1 aromatic rings. The lowest BCUT2D eigenvalue weighted by Gasteiger charge is -2.14. The van der Waals surface area contributed by atoms with Crippen LogP contribution < -0.4 is 14.8 Å². The van der Waals surface area contributed by atoms with E-state index in [0.717, 1.165) is 54.4 Å². The molecule has 0 aromatic heterocycles. The highest BCUT2D eigenvalue weighted by molar-refractivity contribution is 6.31. The third-order valence-electron chi connectivity index (χ3n) is 3.01. The fourth-order valence-electron chi connectivity index (χ4n) is 2.05. The second kappa shape index (κ2) is 9.89. The van der Waals surface area contributed by atoms with E-state index in [2.05, 4.69) is 12.2 Å². The Morgan fingerprint density at radius 3 is 2.25 bits per heavy atom. The number of unbranched alkanes of at least 4 members (excludes halogenated alkanes) is 1. The van der Waals surface area contributed by atoms with Crippen molar-refractivity contribution in [2.45, 2.75) is 40.0 Å². The van der Waals surface area contributed by atoms with Crippen molar-refractivity contribution in [2.24, 2.45) is 0 Å². The van der Waals surface area contributed by atoms with E-state index < -0.39 is 0 Å². The molecule has 0 fully saturated rings. The maximum atomic E-state index is 6.33. The zero-order valence-corrected chi connectivity index (χ0v) is 13.6. The molecule has 0 unspecified atom stereocenters. The van der Waals surface area contributed by atoms with Crippen molar-refractivity contribution in [3.63, 3.8) is 0 Å². The number of aryl methyl sites for hydroxylation is 1. The van der Waals surface area contributed by atoms with Gasteiger partial charge in [-0.05, 0) is 57.8 Å². The van der Waals surface area contributed by atoms with E-state index in [1.165, 1.54) is 0 Å². The van der Waals surface area contributed by atoms with Gasteiger partial charge in [0.2, 0.25) is 0 Å². The third-order valence-corrected chi connectivity index (χ3v) is 3.36. The van der Waals surface area contributed by atoms with E-state index in [9.17, 15) is 0 Å². The van der Waals surface area contributed by atoms with E-state index in [0.29, 0.717) is 13.2 Å². The van der Waals surface area contributed by atoms with Crippen LogP contribution in [-0.2, 0) is 6.42 Å². The average Bonchev–Trinajstić information content (AvgIpc) is 2.43. The van der Waals surface area contributed by atoms with Crippen molar-refractivity contribution >= 4 is 11.6 Å². The molecule has 0 aliphatic rings. The standard InChI is InChI=1S/C16H26ClNO2/c1-4-18-10-8-7-9-13-11-15(19-5-2)16(20-6-3)12-14(13)17/h11-12,18H,4-10H2,1-3H3. The van der Waals surface area contributed by atoms with Gasteiger partial charge < -0.3 is 14.8 Å². The zero-order valence-electron chi connectivity index (χ0n) is 12.8. The lowest BCUT2D eigenvalue weighted by molar-refractivity contribution is 0.287. The summed E-state index contributed by atoms with van der Waals surface area (Å²) in [5.74, 6) is 1.52. The lowest BCUT2D eigenvalue weighted by Crippen LogP contribution is -2.13. The first kappa shape index (κ1) is 17.1. The summed E-state index contributed by atoms with van der Waals surface area (Å²) < 4.78 is 11.2. The molecule has 4 heteroatoms. The molecule has 0 aliphatic carbocycles. The van der Waals surface area contributed by atoms with Gasteiger partial charge in [-0.25, -0.2) is 0 Å². The van der Waals surface area contributed by atoms with Crippen molar-refractivity contribution in [3.05, 3.63) is 22.7 Å². The number of rotatable bonds is 10. The minimum absolute atomic E-state index is 0.610. The summed E-state index contributed by atoms with van der Waals surface area (Å²) in [6.07, 6.45) is 3.24. The highest BCUT2D eigenvalue weighted by Crippen LogP contribution is 2.34. The van der Waals surface area contributed by atoms with Gasteiger partial charge in [0.25, 0.3) is 0 Å². The van der Waals surface area contributed by atoms with Gasteiger partial charge in [0.15, 0.2) is 11.5 Å². The summed E-state index contributed by atoms with van der Waals surface area (Å²) in [4.78, 5) is 0. The molecule has 1 rings (SSSR count). The van der Waals surface area contributed by atoms with E-state index in [-0.39, 0.29) is 0 Å². The van der Waals surface area contributed by atoms with Crippen molar-refractivity contribution in [1.29, 1.82) is 0 Å². The molecular formula is C16H26ClNO2. The van der Waals surface area contributed by atoms with Gasteiger partial charge in [-0.1, -0.05) is 18.5 Å². The predicted molar refractivity (Wildman–Crippen MR) is 85.3 cm³/mol. The molecule has 114 valence electrons. The Balaban J connectivity index is 2.67. The first-order valence-corrected chi connectivity index (χ1v) is 7.89. The van der Waals surface area contributed by atoms with Crippen LogP contribution in [0.4, 0.5) is 0 Å². The molecule has 0 radical (unpaired) electrons. The number of hydrogen-bond donors (Lipinski definition) is 1. The molecule has 20 heavy (non-hydrogen) atoms. The van der Waals surface area contributed by atoms with Gasteiger partial charge in [0, 0.05) is 11.1 Å². The first-order chi connectivity index (χ1) is 9.72. The normalized spacial score (nSPS) is 10.6. The molecule has 0 saturated carbocycles. The van der Waals surface area contributed by atoms with E-state index in [4.69, 9.17) is 21.1 Å². The van der Waals surface area contributed by atoms with Gasteiger partial charge in [0.05, 0.1) is 13.2 Å². The summed E-state index contributed by atoms with van der Waals surface area (Å²) in [6.45, 7) is 9.37. The van der Waals surface area contributed by atoms with Crippen LogP contribution in [0.1, 0.15) is 39.2 Å². The molecule has 1 aromatic carbocycles. The highest BCUT2D eigenvalue weighted by Gasteiger charge is 2.10. The maximum absolute atomic E-state index is 6.33. The van der Waals surface area contributed by atoms with Crippen LogP contribution in [-0.4, -0.2) is 26.3 Å². The zero-order chi connectivity index (χ0) is 14.8. The molecule has 0 amide bonds. The van der Waals surface area contributed by atoms with Crippen LogP contribution in [0.15, 0.2) is 12.1 Å². The molecule has 0 atom stereocenters. The topological polar surface area (TPSA) is 30.5 Å². The van der Waals surface area contributed by atoms with Gasteiger partial charge in [-0.3, -0.25) is 0 Å². The Kier molecular flexibility index (Phi) is 8.47. The van der Waals surface area contributed by atoms with Gasteiger partial charge in [-0.2, -0.15) is 0 Å². The second-order valence-corrected chi connectivity index (χ2v) is 4.97. The monoisotopic (exact) mass is 299 g/mol. The molecular weight excluding hydrogens is 274 g/mol. The van der Waals surface area contributed by atoms with E-state index >= 15 is 0 Å². The van der Waals surface area contributed by atoms with Crippen LogP contribution in [0, 0.1) is 0 Å². The third kappa shape index (κ3) is 5.59.